The van der Waals surface area contributed by atoms with Crippen molar-refractivity contribution < 1.29 is 42.1 Å². The minimum atomic E-state index is -4.65. The first-order valence-electron chi connectivity index (χ1n) is 33.5. The van der Waals surface area contributed by atoms with E-state index in [0.717, 1.165) is 122 Å². The van der Waals surface area contributed by atoms with Gasteiger partial charge >= 0.3 is 11.9 Å². The molecule has 0 saturated carbocycles. The van der Waals surface area contributed by atoms with E-state index in [4.69, 9.17) is 18.5 Å². The van der Waals surface area contributed by atoms with Gasteiger partial charge in [-0.3, -0.25) is 14.2 Å². The van der Waals surface area contributed by atoms with Gasteiger partial charge in [0, 0.05) is 12.8 Å². The number of phosphoric acid groups is 1. The summed E-state index contributed by atoms with van der Waals surface area (Å²) < 4.78 is 34.3. The summed E-state index contributed by atoms with van der Waals surface area (Å²) in [5.74, 6) is -0.850. The first kappa shape index (κ1) is 79.9. The molecule has 0 bridgehead atoms. The molecule has 0 aliphatic heterocycles. The monoisotopic (exact) mass is 1190 g/mol. The van der Waals surface area contributed by atoms with Crippen molar-refractivity contribution >= 4 is 19.8 Å². The molecule has 0 rings (SSSR count). The highest BCUT2D eigenvalue weighted by Gasteiger charge is 2.22. The first-order chi connectivity index (χ1) is 41.0. The third-order valence-electron chi connectivity index (χ3n) is 13.9. The molecule has 2 unspecified atom stereocenters. The number of ether oxygens (including phenoxy) is 2. The van der Waals surface area contributed by atoms with Gasteiger partial charge in [-0.15, -0.1) is 0 Å². The molecule has 0 aromatic heterocycles. The molecular formula is C74H124NO8P. The van der Waals surface area contributed by atoms with Gasteiger partial charge < -0.3 is 27.9 Å². The van der Waals surface area contributed by atoms with Crippen LogP contribution in [0.15, 0.2) is 146 Å². The molecule has 0 saturated heterocycles. The first-order valence-corrected chi connectivity index (χ1v) is 35.0. The average molecular weight is 1190 g/mol. The minimum absolute atomic E-state index is 0.0392. The lowest BCUT2D eigenvalue weighted by molar-refractivity contribution is -0.870. The van der Waals surface area contributed by atoms with E-state index in [2.05, 4.69) is 160 Å². The second kappa shape index (κ2) is 63.4. The number of hydrogen-bond donors (Lipinski definition) is 0. The zero-order valence-corrected chi connectivity index (χ0v) is 55.2. The molecule has 0 radical (unpaired) electrons. The fourth-order valence-corrected chi connectivity index (χ4v) is 9.51. The van der Waals surface area contributed by atoms with Gasteiger partial charge in [-0.25, -0.2) is 0 Å². The highest BCUT2D eigenvalue weighted by Crippen LogP contribution is 2.38. The number of allylic oxidation sites excluding steroid dienone is 24. The molecule has 0 aliphatic carbocycles. The lowest BCUT2D eigenvalue weighted by Gasteiger charge is -2.28. The molecule has 0 aromatic rings. The lowest BCUT2D eigenvalue weighted by atomic mass is 10.0. The fraction of sp³-hybridized carbons (Fsp3) is 0.649. The third kappa shape index (κ3) is 67.0. The van der Waals surface area contributed by atoms with Gasteiger partial charge in [-0.05, 0) is 116 Å². The van der Waals surface area contributed by atoms with Crippen molar-refractivity contribution in [3.63, 3.8) is 0 Å². The van der Waals surface area contributed by atoms with Crippen molar-refractivity contribution in [2.75, 3.05) is 47.5 Å². The van der Waals surface area contributed by atoms with Gasteiger partial charge in [0.05, 0.1) is 27.7 Å². The average Bonchev–Trinajstić information content (AvgIpc) is 3.61. The molecule has 9 nitrogen and oxygen atoms in total. The molecule has 0 amide bonds. The Morgan fingerprint density at radius 3 is 0.952 bits per heavy atom. The SMILES string of the molecule is CC/C=C\C/C=C\C/C=C\C/C=C\C/C=C\C/C=C\C/C=C\CCCCCCCCCCCCCCCCCC(=O)OC(COC(=O)CCCCCCCCC/C=C\C/C=C\C/C=C\C/C=C\C/C=C\CC)COP(=O)([O-])OCC[N+](C)(C)C. The Kier molecular flexibility index (Phi) is 60.3. The van der Waals surface area contributed by atoms with E-state index in [1.54, 1.807) is 0 Å². The Morgan fingerprint density at radius 1 is 0.369 bits per heavy atom. The maximum absolute atomic E-state index is 12.9. The molecule has 0 spiro atoms. The quantitative estimate of drug-likeness (QED) is 0.0195. The zero-order valence-electron chi connectivity index (χ0n) is 54.3. The minimum Gasteiger partial charge on any atom is -0.756 e. The normalized spacial score (nSPS) is 14.1. The molecule has 84 heavy (non-hydrogen) atoms. The maximum Gasteiger partial charge on any atom is 0.306 e. The number of rotatable bonds is 60. The number of likely N-dealkylation sites (N-methyl/N-ethyl adjacent to an activating group) is 1. The van der Waals surface area contributed by atoms with Crippen molar-refractivity contribution in [2.24, 2.45) is 0 Å². The van der Waals surface area contributed by atoms with Crippen LogP contribution in [0, 0.1) is 0 Å². The molecular weight excluding hydrogens is 1060 g/mol. The second-order valence-electron chi connectivity index (χ2n) is 23.1. The van der Waals surface area contributed by atoms with Crippen molar-refractivity contribution in [3.05, 3.63) is 146 Å². The molecule has 0 N–H and O–H groups in total. The number of esters is 2. The van der Waals surface area contributed by atoms with Crippen molar-refractivity contribution in [2.45, 2.75) is 264 Å². The highest BCUT2D eigenvalue weighted by atomic mass is 31.2. The lowest BCUT2D eigenvalue weighted by Crippen LogP contribution is -2.37. The molecule has 0 aromatic carbocycles. The van der Waals surface area contributed by atoms with Gasteiger partial charge in [0.15, 0.2) is 6.10 Å². The highest BCUT2D eigenvalue weighted by molar-refractivity contribution is 7.45. The van der Waals surface area contributed by atoms with Crippen molar-refractivity contribution in [3.8, 4) is 0 Å². The summed E-state index contributed by atoms with van der Waals surface area (Å²) in [6.07, 6.45) is 93.4. The van der Waals surface area contributed by atoms with Crippen molar-refractivity contribution in [1.29, 1.82) is 0 Å². The summed E-state index contributed by atoms with van der Waals surface area (Å²) in [6, 6.07) is 0. The summed E-state index contributed by atoms with van der Waals surface area (Å²) in [5, 5.41) is 0. The van der Waals surface area contributed by atoms with Crippen LogP contribution >= 0.6 is 7.82 Å². The van der Waals surface area contributed by atoms with Crippen LogP contribution in [0.4, 0.5) is 0 Å². The van der Waals surface area contributed by atoms with E-state index in [9.17, 15) is 19.0 Å². The van der Waals surface area contributed by atoms with Gasteiger partial charge in [0.2, 0.25) is 0 Å². The molecule has 0 fully saturated rings. The Morgan fingerprint density at radius 2 is 0.643 bits per heavy atom. The van der Waals surface area contributed by atoms with Crippen LogP contribution in [0.2, 0.25) is 0 Å². The number of carbonyl (C=O) groups is 2. The van der Waals surface area contributed by atoms with Gasteiger partial charge in [-0.1, -0.05) is 275 Å². The third-order valence-corrected chi connectivity index (χ3v) is 14.8. The fourth-order valence-electron chi connectivity index (χ4n) is 8.78. The van der Waals surface area contributed by atoms with E-state index < -0.39 is 32.5 Å². The number of carbonyl (C=O) groups excluding carboxylic acids is 2. The number of hydrogen-bond acceptors (Lipinski definition) is 8. The Balaban J connectivity index is 4.09. The second-order valence-corrected chi connectivity index (χ2v) is 24.5. The summed E-state index contributed by atoms with van der Waals surface area (Å²) in [7, 11) is 1.15. The smallest absolute Gasteiger partial charge is 0.306 e. The van der Waals surface area contributed by atoms with Crippen LogP contribution in [-0.4, -0.2) is 70.0 Å². The molecule has 0 aliphatic rings. The molecule has 0 heterocycles. The number of nitrogens with zero attached hydrogens (tertiary/aromatic N) is 1. The van der Waals surface area contributed by atoms with Gasteiger partial charge in [0.25, 0.3) is 7.82 Å². The van der Waals surface area contributed by atoms with Crippen molar-refractivity contribution in [1.82, 2.24) is 0 Å². The predicted octanol–water partition coefficient (Wildman–Crippen LogP) is 21.2. The predicted molar refractivity (Wildman–Crippen MR) is 360 cm³/mol. The topological polar surface area (TPSA) is 111 Å². The largest absolute Gasteiger partial charge is 0.756 e. The molecule has 2 atom stereocenters. The van der Waals surface area contributed by atoms with Crippen LogP contribution in [0.5, 0.6) is 0 Å². The van der Waals surface area contributed by atoms with Gasteiger partial charge in [-0.2, -0.15) is 0 Å². The summed E-state index contributed by atoms with van der Waals surface area (Å²) in [5.41, 5.74) is 0. The summed E-state index contributed by atoms with van der Waals surface area (Å²) in [4.78, 5) is 38.0. The maximum atomic E-state index is 12.9. The van der Waals surface area contributed by atoms with E-state index in [-0.39, 0.29) is 26.1 Å². The number of phosphoric ester groups is 1. The van der Waals surface area contributed by atoms with E-state index in [1.165, 1.54) is 96.3 Å². The summed E-state index contributed by atoms with van der Waals surface area (Å²) in [6.45, 7) is 4.00. The molecule has 10 heteroatoms. The Labute approximate surface area is 516 Å². The van der Waals surface area contributed by atoms with Crippen LogP contribution in [0.1, 0.15) is 258 Å². The zero-order chi connectivity index (χ0) is 61.2. The Bertz CT molecular complexity index is 1930. The van der Waals surface area contributed by atoms with Crippen LogP contribution < -0.4 is 4.89 Å². The van der Waals surface area contributed by atoms with Crippen LogP contribution in [0.3, 0.4) is 0 Å². The van der Waals surface area contributed by atoms with Gasteiger partial charge in [0.1, 0.15) is 19.8 Å². The standard InChI is InChI=1S/C74H124NO8P/c1-6-8-10-12-14-16-18-20-22-24-26-28-30-31-32-33-34-35-36-37-38-39-40-41-42-43-45-47-49-51-53-55-57-59-61-63-65-67-74(77)83-72(71-82-84(78,79)81-69-68-75(3,4)5)70-80-73(76)66-64-62-60-58-56-54-52-50-48-46-44-29-27-25-23-21-19-17-15-13-11-9-7-2/h8-11,14-17,20-23,26-29,31-32,34-35,37-38,46,48,72H,6-7,12-13,18-19,24-25,30,33,36,39-45,47,49-71H2,1-5H3/b10-8-,11-9-,16-14-,17-15-,22-20-,23-21-,28-26-,29-27-,32-31-,35-34-,38-37-,48-46-. The van der Waals surface area contributed by atoms with E-state index in [1.807, 2.05) is 21.1 Å². The van der Waals surface area contributed by atoms with Crippen LogP contribution in [0.25, 0.3) is 0 Å². The Hall–Kier alpha value is -4.11. The number of unbranched alkanes of at least 4 members (excludes halogenated alkanes) is 22. The molecule has 478 valence electrons. The van der Waals surface area contributed by atoms with Crippen LogP contribution in [-0.2, 0) is 32.7 Å². The van der Waals surface area contributed by atoms with E-state index >= 15 is 0 Å². The summed E-state index contributed by atoms with van der Waals surface area (Å²) >= 11 is 0. The number of quaternary nitrogens is 1. The van der Waals surface area contributed by atoms with E-state index in [0.29, 0.717) is 23.9 Å².